The molecule has 1 aliphatic heterocycles. The molecule has 1 aliphatic rings. The third-order valence-corrected chi connectivity index (χ3v) is 6.68. The van der Waals surface area contributed by atoms with Crippen LogP contribution in [0, 0.1) is 0 Å². The van der Waals surface area contributed by atoms with Crippen LogP contribution < -0.4 is 24.3 Å². The highest BCUT2D eigenvalue weighted by molar-refractivity contribution is 7.98. The van der Waals surface area contributed by atoms with Crippen LogP contribution in [-0.4, -0.2) is 63.5 Å². The van der Waals surface area contributed by atoms with Gasteiger partial charge in [-0.25, -0.2) is 4.79 Å². The zero-order valence-corrected chi connectivity index (χ0v) is 22.4. The van der Waals surface area contributed by atoms with E-state index in [2.05, 4.69) is 5.32 Å². The van der Waals surface area contributed by atoms with Crippen LogP contribution >= 0.6 is 11.8 Å². The molecule has 0 aromatic heterocycles. The van der Waals surface area contributed by atoms with Crippen molar-refractivity contribution in [2.24, 2.45) is 0 Å². The van der Waals surface area contributed by atoms with Crippen LogP contribution in [0.5, 0.6) is 23.0 Å². The summed E-state index contributed by atoms with van der Waals surface area (Å²) in [6.45, 7) is 0.617. The van der Waals surface area contributed by atoms with Crippen LogP contribution in [0.1, 0.15) is 16.8 Å². The molecule has 0 unspecified atom stereocenters. The van der Waals surface area contributed by atoms with Crippen molar-refractivity contribution >= 4 is 23.6 Å². The lowest BCUT2D eigenvalue weighted by atomic mass is 9.97. The van der Waals surface area contributed by atoms with Crippen LogP contribution in [0.15, 0.2) is 66.7 Å². The van der Waals surface area contributed by atoms with Crippen molar-refractivity contribution < 1.29 is 33.3 Å². The molecule has 3 aromatic carbocycles. The second kappa shape index (κ2) is 13.1. The number of esters is 1. The van der Waals surface area contributed by atoms with Crippen LogP contribution in [0.2, 0.25) is 0 Å². The summed E-state index contributed by atoms with van der Waals surface area (Å²) in [4.78, 5) is 25.7. The molecule has 8 nitrogen and oxygen atoms in total. The fraction of sp³-hybridized carbons (Fsp3) is 0.310. The van der Waals surface area contributed by atoms with Crippen LogP contribution in [0.4, 0.5) is 0 Å². The van der Waals surface area contributed by atoms with E-state index in [0.717, 1.165) is 5.56 Å². The second-order valence-electron chi connectivity index (χ2n) is 8.55. The van der Waals surface area contributed by atoms with E-state index in [4.69, 9.17) is 23.7 Å². The molecular weight excluding hydrogens is 506 g/mol. The first-order chi connectivity index (χ1) is 18.5. The minimum atomic E-state index is -0.757. The molecule has 0 saturated carbocycles. The van der Waals surface area contributed by atoms with Crippen LogP contribution in [0.3, 0.4) is 0 Å². The number of carbonyl (C=O) groups excluding carboxylic acids is 2. The van der Waals surface area contributed by atoms with Gasteiger partial charge in [0.25, 0.3) is 5.91 Å². The van der Waals surface area contributed by atoms with E-state index >= 15 is 0 Å². The normalized spacial score (nSPS) is 14.8. The number of hydrogen-bond donors (Lipinski definition) is 1. The molecular formula is C29H31NO7S. The number of para-hydroxylation sites is 3. The molecule has 0 radical (unpaired) electrons. The Morgan fingerprint density at radius 2 is 1.79 bits per heavy atom. The Labute approximate surface area is 226 Å². The first-order valence-corrected chi connectivity index (χ1v) is 13.6. The van der Waals surface area contributed by atoms with Gasteiger partial charge in [0.1, 0.15) is 30.8 Å². The number of thioether (sulfide) groups is 1. The molecule has 1 amide bonds. The number of carbonyl (C=O) groups is 2. The van der Waals surface area contributed by atoms with Gasteiger partial charge in [-0.2, -0.15) is 11.8 Å². The standard InChI is InChI=1S/C29H31NO7S/c1-33-25-9-5-4-8-21(25)23-16-19(35-17-20-18-36-26-10-6-7-11-27(26)37-20)12-13-22(23)28(31)30-24(14-15-38-3)29(32)34-2/h4-13,16,20,24H,14-15,17-18H2,1-3H3,(H,30,31)/t20-,24+/m1/s1. The Morgan fingerprint density at radius 3 is 2.55 bits per heavy atom. The topological polar surface area (TPSA) is 92.3 Å². The van der Waals surface area contributed by atoms with Gasteiger partial charge < -0.3 is 29.0 Å². The monoisotopic (exact) mass is 537 g/mol. The molecule has 200 valence electrons. The molecule has 38 heavy (non-hydrogen) atoms. The summed E-state index contributed by atoms with van der Waals surface area (Å²) in [5.74, 6) is 2.36. The van der Waals surface area contributed by atoms with E-state index in [0.29, 0.717) is 52.9 Å². The summed E-state index contributed by atoms with van der Waals surface area (Å²) >= 11 is 1.59. The Hall–Kier alpha value is -3.85. The molecule has 4 rings (SSSR count). The number of rotatable bonds is 11. The Kier molecular flexibility index (Phi) is 9.37. The highest BCUT2D eigenvalue weighted by Crippen LogP contribution is 2.35. The van der Waals surface area contributed by atoms with E-state index in [1.807, 2.05) is 54.8 Å². The molecule has 0 saturated heterocycles. The van der Waals surface area contributed by atoms with Gasteiger partial charge in [0.2, 0.25) is 0 Å². The largest absolute Gasteiger partial charge is 0.496 e. The average molecular weight is 538 g/mol. The lowest BCUT2D eigenvalue weighted by molar-refractivity contribution is -0.142. The quantitative estimate of drug-likeness (QED) is 0.355. The van der Waals surface area contributed by atoms with Gasteiger partial charge in [0.15, 0.2) is 17.6 Å². The molecule has 2 atom stereocenters. The molecule has 9 heteroatoms. The number of ether oxygens (including phenoxy) is 5. The van der Waals surface area contributed by atoms with Gasteiger partial charge in [0, 0.05) is 16.7 Å². The lowest BCUT2D eigenvalue weighted by Gasteiger charge is -2.26. The molecule has 3 aromatic rings. The highest BCUT2D eigenvalue weighted by Gasteiger charge is 2.25. The van der Waals surface area contributed by atoms with Gasteiger partial charge >= 0.3 is 5.97 Å². The first-order valence-electron chi connectivity index (χ1n) is 12.2. The Bertz CT molecular complexity index is 1270. The third-order valence-electron chi connectivity index (χ3n) is 6.04. The van der Waals surface area contributed by atoms with E-state index in [9.17, 15) is 9.59 Å². The fourth-order valence-electron chi connectivity index (χ4n) is 4.10. The summed E-state index contributed by atoms with van der Waals surface area (Å²) in [7, 11) is 2.89. The van der Waals surface area contributed by atoms with Crippen molar-refractivity contribution in [2.45, 2.75) is 18.6 Å². The van der Waals surface area contributed by atoms with Crippen LogP contribution in [0.25, 0.3) is 11.1 Å². The fourth-order valence-corrected chi connectivity index (χ4v) is 4.57. The maximum absolute atomic E-state index is 13.4. The van der Waals surface area contributed by atoms with Gasteiger partial charge in [0.05, 0.1) is 14.2 Å². The van der Waals surface area contributed by atoms with Crippen molar-refractivity contribution in [2.75, 3.05) is 39.4 Å². The Morgan fingerprint density at radius 1 is 1.03 bits per heavy atom. The van der Waals surface area contributed by atoms with Crippen molar-refractivity contribution in [3.05, 3.63) is 72.3 Å². The van der Waals surface area contributed by atoms with Crippen molar-refractivity contribution in [1.82, 2.24) is 5.32 Å². The zero-order valence-electron chi connectivity index (χ0n) is 21.6. The summed E-state index contributed by atoms with van der Waals surface area (Å²) < 4.78 is 28.3. The Balaban J connectivity index is 1.58. The maximum Gasteiger partial charge on any atom is 0.328 e. The van der Waals surface area contributed by atoms with Crippen molar-refractivity contribution in [3.8, 4) is 34.1 Å². The van der Waals surface area contributed by atoms with E-state index in [1.54, 1.807) is 37.1 Å². The molecule has 0 spiro atoms. The predicted molar refractivity (Wildman–Crippen MR) is 147 cm³/mol. The van der Waals surface area contributed by atoms with Gasteiger partial charge in [-0.15, -0.1) is 0 Å². The third kappa shape index (κ3) is 6.52. The lowest BCUT2D eigenvalue weighted by Crippen LogP contribution is -2.42. The first kappa shape index (κ1) is 27.2. The number of nitrogens with one attached hydrogen (secondary N) is 1. The van der Waals surface area contributed by atoms with Gasteiger partial charge in [-0.3, -0.25) is 4.79 Å². The predicted octanol–water partition coefficient (Wildman–Crippen LogP) is 4.61. The minimum absolute atomic E-state index is 0.254. The highest BCUT2D eigenvalue weighted by atomic mass is 32.2. The number of benzene rings is 3. The van der Waals surface area contributed by atoms with Crippen LogP contribution in [-0.2, 0) is 9.53 Å². The molecule has 1 heterocycles. The van der Waals surface area contributed by atoms with Gasteiger partial charge in [-0.05, 0) is 54.8 Å². The summed E-state index contributed by atoms with van der Waals surface area (Å²) in [6, 6.07) is 19.4. The van der Waals surface area contributed by atoms with Crippen molar-refractivity contribution in [3.63, 3.8) is 0 Å². The smallest absolute Gasteiger partial charge is 0.328 e. The maximum atomic E-state index is 13.4. The molecule has 0 aliphatic carbocycles. The van der Waals surface area contributed by atoms with E-state index in [-0.39, 0.29) is 12.7 Å². The van der Waals surface area contributed by atoms with E-state index in [1.165, 1.54) is 7.11 Å². The zero-order chi connectivity index (χ0) is 26.9. The number of hydrogen-bond acceptors (Lipinski definition) is 8. The molecule has 0 bridgehead atoms. The second-order valence-corrected chi connectivity index (χ2v) is 9.53. The van der Waals surface area contributed by atoms with E-state index < -0.39 is 17.9 Å². The van der Waals surface area contributed by atoms with Crippen molar-refractivity contribution in [1.29, 1.82) is 0 Å². The molecule has 0 fully saturated rings. The average Bonchev–Trinajstić information content (AvgIpc) is 2.97. The summed E-state index contributed by atoms with van der Waals surface area (Å²) in [6.07, 6.45) is 2.11. The molecule has 1 N–H and O–H groups in total. The summed E-state index contributed by atoms with van der Waals surface area (Å²) in [5, 5.41) is 2.83. The number of methoxy groups -OCH3 is 2. The minimum Gasteiger partial charge on any atom is -0.496 e. The number of amides is 1. The number of fused-ring (bicyclic) bond motifs is 1. The SMILES string of the molecule is COC(=O)[C@H](CCSC)NC(=O)c1ccc(OC[C@@H]2COc3ccccc3O2)cc1-c1ccccc1OC. The van der Waals surface area contributed by atoms with Gasteiger partial charge in [-0.1, -0.05) is 30.3 Å². The summed E-state index contributed by atoms with van der Waals surface area (Å²) in [5.41, 5.74) is 1.71.